The van der Waals surface area contributed by atoms with Crippen molar-refractivity contribution >= 4 is 175 Å². The molecule has 0 spiro atoms. The van der Waals surface area contributed by atoms with Gasteiger partial charge < -0.3 is 181 Å². The number of nitrogens with one attached hydrogen (secondary N) is 6. The van der Waals surface area contributed by atoms with Gasteiger partial charge in [-0.15, -0.1) is 0 Å². The molecule has 2 radical (unpaired) electrons. The molecular weight excluding hydrogens is 717 g/mol. The first-order chi connectivity index (χ1) is 13.9. The van der Waals surface area contributed by atoms with Crippen molar-refractivity contribution in [1.82, 2.24) is 31.9 Å². The third kappa shape index (κ3) is 58.0. The van der Waals surface area contributed by atoms with Crippen LogP contribution in [0.2, 0.25) is 0 Å². The topological polar surface area (TPSA) is 72.2 Å². The van der Waals surface area contributed by atoms with Gasteiger partial charge in [0, 0.05) is 39.3 Å². The van der Waals surface area contributed by atoms with E-state index in [9.17, 15) is 0 Å². The van der Waals surface area contributed by atoms with Crippen molar-refractivity contribution in [2.75, 3.05) is 39.3 Å². The third-order valence-corrected chi connectivity index (χ3v) is 3.72. The van der Waals surface area contributed by atoms with E-state index >= 15 is 0 Å². The molecule has 0 aliphatic heterocycles. The van der Waals surface area contributed by atoms with Crippen molar-refractivity contribution in [2.24, 2.45) is 0 Å². The Morgan fingerprint density at radius 2 is 0.438 bits per heavy atom. The summed E-state index contributed by atoms with van der Waals surface area (Å²) in [5.74, 6) is 0. The first-order valence-electron chi connectivity index (χ1n) is 7.57. The maximum Gasteiger partial charge on any atom is 3.00 e. The van der Waals surface area contributed by atoms with Crippen molar-refractivity contribution < 1.29 is 34.7 Å². The van der Waals surface area contributed by atoms with E-state index in [1.807, 2.05) is 0 Å². The Morgan fingerprint density at radius 1 is 0.344 bits per heavy atom. The molecule has 0 aromatic heterocycles. The first-order valence-corrected chi connectivity index (χ1v) is 12.5. The molecule has 20 heteroatoms. The van der Waals surface area contributed by atoms with Gasteiger partial charge in [-0.1, -0.05) is 25.9 Å². The zero-order valence-corrected chi connectivity index (χ0v) is 28.3. The molecule has 0 unspecified atom stereocenters. The van der Waals surface area contributed by atoms with Crippen LogP contribution in [0, 0.1) is 0 Å². The van der Waals surface area contributed by atoms with Crippen LogP contribution in [0.5, 0.6) is 0 Å². The summed E-state index contributed by atoms with van der Waals surface area (Å²) in [6.07, 6.45) is 0. The van der Waals surface area contributed by atoms with Crippen molar-refractivity contribution in [3.05, 3.63) is 0 Å². The molecule has 0 aliphatic carbocycles. The van der Waals surface area contributed by atoms with E-state index in [1.165, 1.54) is 0 Å². The Morgan fingerprint density at radius 3 is 0.500 bits per heavy atom. The van der Waals surface area contributed by atoms with E-state index in [0.717, 1.165) is 0 Å². The van der Waals surface area contributed by atoms with Gasteiger partial charge in [-0.3, -0.25) is 0 Å². The maximum absolute atomic E-state index is 4.59. The van der Waals surface area contributed by atoms with Gasteiger partial charge in [0.15, 0.2) is 0 Å². The van der Waals surface area contributed by atoms with Crippen molar-refractivity contribution in [2.45, 2.75) is 0 Å². The minimum Gasteiger partial charge on any atom is -0.412 e. The van der Waals surface area contributed by atoms with E-state index < -0.39 is 0 Å². The first kappa shape index (κ1) is 43.8. The van der Waals surface area contributed by atoms with Crippen molar-refractivity contribution in [1.29, 1.82) is 0 Å². The molecule has 0 aromatic carbocycles. The Balaban J connectivity index is -0.000000110. The fourth-order valence-electron chi connectivity index (χ4n) is 0.987. The largest absolute Gasteiger partial charge is 3.00 e. The van der Waals surface area contributed by atoms with Crippen LogP contribution in [0.25, 0.3) is 0 Å². The van der Waals surface area contributed by atoms with Crippen LogP contribution in [-0.4, -0.2) is 65.2 Å². The second kappa shape index (κ2) is 32.7. The molecule has 0 saturated heterocycles. The molecule has 0 aliphatic rings. The van der Waals surface area contributed by atoms with Crippen molar-refractivity contribution in [3.8, 4) is 0 Å². The average molecular weight is 735 g/mol. The van der Waals surface area contributed by atoms with Crippen molar-refractivity contribution in [3.63, 3.8) is 0 Å². The molecule has 0 saturated carbocycles. The van der Waals surface area contributed by atoms with Gasteiger partial charge >= 0.3 is 34.7 Å². The summed E-state index contributed by atoms with van der Waals surface area (Å²) in [7, 11) is 0. The Hall–Kier alpha value is 1.72. The van der Waals surface area contributed by atoms with Gasteiger partial charge in [-0.2, -0.15) is 0 Å². The molecule has 6 nitrogen and oxygen atoms in total. The number of hydrogen-bond acceptors (Lipinski definition) is 12. The standard InChI is InChI=1S/3C4H8N2S4.2Cr/c3*7-3(8)5-1-2-6-4(9)10;;/h3*1-2H2,(H2,5,7,8)(H2,6,9,10);;/q;;;2*+3/p-6. The zero-order valence-electron chi connectivity index (χ0n) is 16.0. The number of hydrogen-bond donors (Lipinski definition) is 6. The fourth-order valence-corrected chi connectivity index (χ4v) is 2.21. The van der Waals surface area contributed by atoms with E-state index in [4.69, 9.17) is 0 Å². The Labute approximate surface area is 277 Å². The van der Waals surface area contributed by atoms with Gasteiger partial charge in [0.1, 0.15) is 0 Å². The molecule has 6 N–H and O–H groups in total. The van der Waals surface area contributed by atoms with Gasteiger partial charge in [0.25, 0.3) is 0 Å². The Bertz CT molecular complexity index is 445. The molecule has 0 rings (SSSR count). The van der Waals surface area contributed by atoms with Gasteiger partial charge in [0.2, 0.25) is 0 Å². The Kier molecular flexibility index (Phi) is 44.8. The zero-order chi connectivity index (χ0) is 23.9. The molecule has 0 heterocycles. The fraction of sp³-hybridized carbons (Fsp3) is 0.500. The van der Waals surface area contributed by atoms with Crippen LogP contribution in [0.1, 0.15) is 0 Å². The quantitative estimate of drug-likeness (QED) is 0.105. The van der Waals surface area contributed by atoms with Crippen LogP contribution in [0.15, 0.2) is 0 Å². The number of rotatable bonds is 9. The van der Waals surface area contributed by atoms with Crippen LogP contribution in [-0.2, 0) is 110 Å². The maximum atomic E-state index is 4.59. The number of thiocarbonyl (C=S) groups is 6. The summed E-state index contributed by atoms with van der Waals surface area (Å²) in [6.45, 7) is 3.99. The molecule has 0 atom stereocenters. The smallest absolute Gasteiger partial charge is 0.412 e. The predicted octanol–water partition coefficient (Wildman–Crippen LogP) is -0.517. The summed E-state index contributed by atoms with van der Waals surface area (Å²) in [5.41, 5.74) is 0. The summed E-state index contributed by atoms with van der Waals surface area (Å²) < 4.78 is 2.23. The SMILES string of the molecule is S=C([S-])NCCNC(=S)[S-].S=C([S-])NCCNC(=S)[S-].S=C([S-])NCCNC(=S)[S-].[Cr+3].[Cr+3]. The molecular formula is C12H18Cr2N6S12. The molecule has 0 aromatic rings. The second-order valence-corrected chi connectivity index (χ2v) is 10.7. The molecule has 0 amide bonds. The van der Waals surface area contributed by atoms with E-state index in [0.29, 0.717) is 65.2 Å². The van der Waals surface area contributed by atoms with E-state index in [-0.39, 0.29) is 34.7 Å². The average Bonchev–Trinajstić information content (AvgIpc) is 2.60. The van der Waals surface area contributed by atoms with Crippen LogP contribution >= 0.6 is 73.3 Å². The summed E-state index contributed by atoms with van der Waals surface area (Å²) in [6, 6.07) is 0. The molecule has 180 valence electrons. The predicted molar refractivity (Wildman–Crippen MR) is 168 cm³/mol. The molecule has 0 bridgehead atoms. The van der Waals surface area contributed by atoms with Gasteiger partial charge in [0.05, 0.1) is 0 Å². The normalized spacial score (nSPS) is 7.88. The molecule has 0 fully saturated rings. The van der Waals surface area contributed by atoms with Crippen LogP contribution in [0.3, 0.4) is 0 Å². The van der Waals surface area contributed by atoms with Gasteiger partial charge in [-0.25, -0.2) is 0 Å². The third-order valence-electron chi connectivity index (χ3n) is 1.99. The second-order valence-electron chi connectivity index (χ2n) is 4.29. The van der Waals surface area contributed by atoms with Crippen LogP contribution < -0.4 is 31.9 Å². The van der Waals surface area contributed by atoms with Gasteiger partial charge in [-0.05, 0) is 0 Å². The summed E-state index contributed by atoms with van der Waals surface area (Å²) in [5, 5.41) is 16.7. The summed E-state index contributed by atoms with van der Waals surface area (Å²) in [4.78, 5) is 0. The van der Waals surface area contributed by atoms with E-state index in [1.54, 1.807) is 0 Å². The summed E-state index contributed by atoms with van der Waals surface area (Å²) >= 11 is 55.1. The monoisotopic (exact) mass is 734 g/mol. The van der Waals surface area contributed by atoms with E-state index in [2.05, 4.69) is 181 Å². The molecule has 32 heavy (non-hydrogen) atoms. The van der Waals surface area contributed by atoms with Crippen LogP contribution in [0.4, 0.5) is 0 Å². The minimum absolute atomic E-state index is 0. The minimum atomic E-state index is 0.